The van der Waals surface area contributed by atoms with Crippen molar-refractivity contribution in [1.29, 1.82) is 0 Å². The molecule has 0 spiro atoms. The highest BCUT2D eigenvalue weighted by molar-refractivity contribution is 7.92. The largest absolute Gasteiger partial charge is 0.497 e. The van der Waals surface area contributed by atoms with Crippen LogP contribution < -0.4 is 10.1 Å². The molecule has 0 bridgehead atoms. The molecule has 1 N–H and O–H groups in total. The van der Waals surface area contributed by atoms with E-state index in [1.165, 1.54) is 0 Å². The maximum Gasteiger partial charge on any atom is 0.251 e. The number of rotatable bonds is 6. The third-order valence-electron chi connectivity index (χ3n) is 3.66. The fourth-order valence-corrected chi connectivity index (χ4v) is 3.18. The summed E-state index contributed by atoms with van der Waals surface area (Å²) in [6.45, 7) is 3.62. The van der Waals surface area contributed by atoms with Crippen molar-refractivity contribution in [2.45, 2.75) is 30.5 Å². The van der Waals surface area contributed by atoms with Crippen LogP contribution in [0.2, 0.25) is 0 Å². The normalized spacial score (nSPS) is 11.3. The van der Waals surface area contributed by atoms with Gasteiger partial charge in [-0.1, -0.05) is 18.2 Å². The van der Waals surface area contributed by atoms with Crippen LogP contribution >= 0.6 is 0 Å². The van der Waals surface area contributed by atoms with E-state index in [4.69, 9.17) is 4.74 Å². The van der Waals surface area contributed by atoms with E-state index >= 15 is 0 Å². The zero-order chi connectivity index (χ0) is 17.7. The number of sulfone groups is 1. The summed E-state index contributed by atoms with van der Waals surface area (Å²) < 4.78 is 29.2. The van der Waals surface area contributed by atoms with Crippen molar-refractivity contribution in [3.05, 3.63) is 59.7 Å². The molecule has 2 aromatic carbocycles. The van der Waals surface area contributed by atoms with Crippen molar-refractivity contribution in [3.8, 4) is 5.75 Å². The molecule has 128 valence electrons. The number of methoxy groups -OCH3 is 1. The number of hydrogen-bond acceptors (Lipinski definition) is 4. The molecule has 24 heavy (non-hydrogen) atoms. The minimum atomic E-state index is -3.28. The maximum absolute atomic E-state index is 12.1. The Morgan fingerprint density at radius 2 is 1.79 bits per heavy atom. The van der Waals surface area contributed by atoms with Crippen LogP contribution in [0, 0.1) is 0 Å². The molecular formula is C18H21NO4S. The quantitative estimate of drug-likeness (QED) is 0.872. The van der Waals surface area contributed by atoms with Gasteiger partial charge in [0, 0.05) is 12.1 Å². The molecule has 0 aromatic heterocycles. The first-order valence-corrected chi connectivity index (χ1v) is 9.14. The molecule has 0 aliphatic rings. The molecule has 2 aromatic rings. The Bertz CT molecular complexity index is 811. The topological polar surface area (TPSA) is 72.5 Å². The van der Waals surface area contributed by atoms with E-state index in [9.17, 15) is 13.2 Å². The number of benzene rings is 2. The molecule has 0 radical (unpaired) electrons. The van der Waals surface area contributed by atoms with Crippen molar-refractivity contribution >= 4 is 15.7 Å². The number of amides is 1. The number of carbonyl (C=O) groups is 1. The fourth-order valence-electron chi connectivity index (χ4n) is 2.12. The van der Waals surface area contributed by atoms with Gasteiger partial charge in [-0.05, 0) is 49.7 Å². The van der Waals surface area contributed by atoms with Crippen LogP contribution in [-0.4, -0.2) is 26.7 Å². The Morgan fingerprint density at radius 1 is 1.12 bits per heavy atom. The van der Waals surface area contributed by atoms with Gasteiger partial charge in [0.05, 0.1) is 17.3 Å². The zero-order valence-electron chi connectivity index (χ0n) is 13.9. The minimum absolute atomic E-state index is 0.215. The van der Waals surface area contributed by atoms with Gasteiger partial charge in [0.2, 0.25) is 0 Å². The molecule has 0 atom stereocenters. The molecule has 1 amide bonds. The van der Waals surface area contributed by atoms with Gasteiger partial charge in [0.15, 0.2) is 9.84 Å². The molecule has 0 fully saturated rings. The number of ether oxygens (including phenoxy) is 1. The lowest BCUT2D eigenvalue weighted by Crippen LogP contribution is -2.22. The second kappa shape index (κ2) is 7.49. The van der Waals surface area contributed by atoms with E-state index in [0.29, 0.717) is 22.8 Å². The van der Waals surface area contributed by atoms with Crippen LogP contribution in [0.4, 0.5) is 0 Å². The Balaban J connectivity index is 2.03. The van der Waals surface area contributed by atoms with Crippen molar-refractivity contribution in [3.63, 3.8) is 0 Å². The van der Waals surface area contributed by atoms with Gasteiger partial charge in [-0.2, -0.15) is 0 Å². The summed E-state index contributed by atoms with van der Waals surface area (Å²) in [6, 6.07) is 13.4. The summed E-state index contributed by atoms with van der Waals surface area (Å²) >= 11 is 0. The van der Waals surface area contributed by atoms with Crippen LogP contribution in [0.1, 0.15) is 29.8 Å². The highest BCUT2D eigenvalue weighted by atomic mass is 32.2. The second-order valence-corrected chi connectivity index (χ2v) is 8.16. The molecule has 0 unspecified atom stereocenters. The van der Waals surface area contributed by atoms with Crippen LogP contribution in [-0.2, 0) is 16.4 Å². The maximum atomic E-state index is 12.1. The molecule has 2 rings (SSSR count). The SMILES string of the molecule is COc1cccc(C(=O)NCc2ccc(S(=O)(=O)C(C)C)cc2)c1. The van der Waals surface area contributed by atoms with E-state index in [1.54, 1.807) is 69.5 Å². The van der Waals surface area contributed by atoms with Gasteiger partial charge in [0.1, 0.15) is 5.75 Å². The lowest BCUT2D eigenvalue weighted by atomic mass is 10.2. The number of carbonyl (C=O) groups excluding carboxylic acids is 1. The lowest BCUT2D eigenvalue weighted by molar-refractivity contribution is 0.0950. The van der Waals surface area contributed by atoms with Crippen LogP contribution in [0.25, 0.3) is 0 Å². The Morgan fingerprint density at radius 3 is 2.38 bits per heavy atom. The molecule has 0 heterocycles. The van der Waals surface area contributed by atoms with Crippen LogP contribution in [0.3, 0.4) is 0 Å². The van der Waals surface area contributed by atoms with E-state index in [0.717, 1.165) is 5.56 Å². The second-order valence-electron chi connectivity index (χ2n) is 5.65. The van der Waals surface area contributed by atoms with Crippen LogP contribution in [0.5, 0.6) is 5.75 Å². The molecule has 0 saturated carbocycles. The van der Waals surface area contributed by atoms with Gasteiger partial charge >= 0.3 is 0 Å². The lowest BCUT2D eigenvalue weighted by Gasteiger charge is -2.10. The first-order valence-electron chi connectivity index (χ1n) is 7.59. The van der Waals surface area contributed by atoms with E-state index in [-0.39, 0.29) is 5.91 Å². The predicted molar refractivity (Wildman–Crippen MR) is 92.9 cm³/mol. The zero-order valence-corrected chi connectivity index (χ0v) is 14.8. The molecule has 6 heteroatoms. The first kappa shape index (κ1) is 18.0. The third-order valence-corrected chi connectivity index (χ3v) is 5.83. The number of hydrogen-bond donors (Lipinski definition) is 1. The highest BCUT2D eigenvalue weighted by Crippen LogP contribution is 2.17. The summed E-state index contributed by atoms with van der Waals surface area (Å²) in [4.78, 5) is 12.4. The summed E-state index contributed by atoms with van der Waals surface area (Å²) in [7, 11) is -1.73. The standard InChI is InChI=1S/C18H21NO4S/c1-13(2)24(21,22)17-9-7-14(8-10-17)12-19-18(20)15-5-4-6-16(11-15)23-3/h4-11,13H,12H2,1-3H3,(H,19,20). The summed E-state index contributed by atoms with van der Waals surface area (Å²) in [6.07, 6.45) is 0. The van der Waals surface area contributed by atoms with Crippen molar-refractivity contribution in [2.24, 2.45) is 0 Å². The Kier molecular flexibility index (Phi) is 5.62. The summed E-state index contributed by atoms with van der Waals surface area (Å²) in [5.74, 6) is 0.402. The van der Waals surface area contributed by atoms with Gasteiger partial charge in [-0.25, -0.2) is 8.42 Å². The summed E-state index contributed by atoms with van der Waals surface area (Å²) in [5, 5.41) is 2.34. The molecule has 0 aliphatic heterocycles. The molecular weight excluding hydrogens is 326 g/mol. The van der Waals surface area contributed by atoms with Gasteiger partial charge in [-0.3, -0.25) is 4.79 Å². The Hall–Kier alpha value is -2.34. The summed E-state index contributed by atoms with van der Waals surface area (Å²) in [5.41, 5.74) is 1.34. The van der Waals surface area contributed by atoms with Crippen molar-refractivity contribution < 1.29 is 17.9 Å². The monoisotopic (exact) mass is 347 g/mol. The third kappa shape index (κ3) is 4.14. The first-order chi connectivity index (χ1) is 11.3. The number of nitrogens with one attached hydrogen (secondary N) is 1. The molecule has 0 aliphatic carbocycles. The van der Waals surface area contributed by atoms with Crippen molar-refractivity contribution in [2.75, 3.05) is 7.11 Å². The highest BCUT2D eigenvalue weighted by Gasteiger charge is 2.18. The predicted octanol–water partition coefficient (Wildman–Crippen LogP) is 2.81. The van der Waals surface area contributed by atoms with E-state index in [2.05, 4.69) is 5.32 Å². The van der Waals surface area contributed by atoms with Gasteiger partial charge in [0.25, 0.3) is 5.91 Å². The van der Waals surface area contributed by atoms with Gasteiger partial charge in [-0.15, -0.1) is 0 Å². The fraction of sp³-hybridized carbons (Fsp3) is 0.278. The van der Waals surface area contributed by atoms with Crippen LogP contribution in [0.15, 0.2) is 53.4 Å². The van der Waals surface area contributed by atoms with E-state index < -0.39 is 15.1 Å². The minimum Gasteiger partial charge on any atom is -0.497 e. The Labute approximate surface area is 142 Å². The average Bonchev–Trinajstić information content (AvgIpc) is 2.59. The smallest absolute Gasteiger partial charge is 0.251 e. The van der Waals surface area contributed by atoms with E-state index in [1.807, 2.05) is 0 Å². The van der Waals surface area contributed by atoms with Crippen molar-refractivity contribution in [1.82, 2.24) is 5.32 Å². The molecule has 5 nitrogen and oxygen atoms in total. The molecule has 0 saturated heterocycles. The average molecular weight is 347 g/mol. The van der Waals surface area contributed by atoms with Gasteiger partial charge < -0.3 is 10.1 Å².